The third kappa shape index (κ3) is 5.25. The van der Waals surface area contributed by atoms with Gasteiger partial charge in [-0.15, -0.1) is 11.3 Å². The molecule has 1 aromatic carbocycles. The van der Waals surface area contributed by atoms with Crippen LogP contribution < -0.4 is 15.5 Å². The van der Waals surface area contributed by atoms with Gasteiger partial charge in [-0.2, -0.15) is 0 Å². The SMILES string of the molecule is CC(C)C(=O)N1CCCc2ccc(NC(=O)C(=O)NCC[C@H](O)c3cccs3)cc21. The zero-order valence-electron chi connectivity index (χ0n) is 17.2. The molecule has 7 nitrogen and oxygen atoms in total. The van der Waals surface area contributed by atoms with Crippen LogP contribution in [0.1, 0.15) is 43.2 Å². The minimum absolute atomic E-state index is 0.0430. The molecule has 2 heterocycles. The van der Waals surface area contributed by atoms with Crippen LogP contribution in [0.5, 0.6) is 0 Å². The number of hydrogen-bond donors (Lipinski definition) is 3. The molecule has 0 unspecified atom stereocenters. The summed E-state index contributed by atoms with van der Waals surface area (Å²) in [5, 5.41) is 17.0. The van der Waals surface area contributed by atoms with Crippen LogP contribution in [0.4, 0.5) is 11.4 Å². The number of anilines is 2. The van der Waals surface area contributed by atoms with E-state index in [-0.39, 0.29) is 18.4 Å². The Labute approximate surface area is 180 Å². The fraction of sp³-hybridized carbons (Fsp3) is 0.409. The van der Waals surface area contributed by atoms with E-state index in [0.717, 1.165) is 29.0 Å². The van der Waals surface area contributed by atoms with Crippen molar-refractivity contribution in [1.29, 1.82) is 0 Å². The van der Waals surface area contributed by atoms with Crippen molar-refractivity contribution in [2.45, 2.75) is 39.2 Å². The number of thiophene rings is 1. The number of nitrogens with one attached hydrogen (secondary N) is 2. The quantitative estimate of drug-likeness (QED) is 0.615. The standard InChI is InChI=1S/C22H27N3O4S/c1-14(2)22(29)25-11-3-5-15-7-8-16(13-17(15)25)24-21(28)20(27)23-10-9-18(26)19-6-4-12-30-19/h4,6-8,12-14,18,26H,3,5,9-11H2,1-2H3,(H,23,27)(H,24,28)/t18-/m0/s1. The molecule has 30 heavy (non-hydrogen) atoms. The number of benzene rings is 1. The predicted octanol–water partition coefficient (Wildman–Crippen LogP) is 2.86. The average molecular weight is 430 g/mol. The van der Waals surface area contributed by atoms with Gasteiger partial charge in [0.15, 0.2) is 0 Å². The number of hydrogen-bond acceptors (Lipinski definition) is 5. The summed E-state index contributed by atoms with van der Waals surface area (Å²) in [7, 11) is 0. The molecule has 0 saturated carbocycles. The van der Waals surface area contributed by atoms with Crippen LogP contribution >= 0.6 is 11.3 Å². The molecule has 0 spiro atoms. The highest BCUT2D eigenvalue weighted by Gasteiger charge is 2.25. The molecule has 1 atom stereocenters. The van der Waals surface area contributed by atoms with Gasteiger partial charge in [-0.25, -0.2) is 0 Å². The molecule has 0 aliphatic carbocycles. The zero-order valence-corrected chi connectivity index (χ0v) is 18.0. The van der Waals surface area contributed by atoms with Gasteiger partial charge in [0.1, 0.15) is 0 Å². The molecule has 2 aromatic rings. The van der Waals surface area contributed by atoms with E-state index in [1.807, 2.05) is 37.4 Å². The predicted molar refractivity (Wildman–Crippen MR) is 117 cm³/mol. The summed E-state index contributed by atoms with van der Waals surface area (Å²) in [6, 6.07) is 9.06. The maximum atomic E-state index is 12.5. The highest BCUT2D eigenvalue weighted by atomic mass is 32.1. The Kier molecular flexibility index (Phi) is 7.23. The van der Waals surface area contributed by atoms with Gasteiger partial charge in [-0.1, -0.05) is 26.0 Å². The number of rotatable bonds is 6. The average Bonchev–Trinajstić information content (AvgIpc) is 3.27. The van der Waals surface area contributed by atoms with Crippen molar-refractivity contribution in [1.82, 2.24) is 5.32 Å². The van der Waals surface area contributed by atoms with E-state index < -0.39 is 17.9 Å². The summed E-state index contributed by atoms with van der Waals surface area (Å²) in [5.74, 6) is -1.62. The summed E-state index contributed by atoms with van der Waals surface area (Å²) in [5.41, 5.74) is 2.31. The normalized spacial score (nSPS) is 14.2. The number of amides is 3. The lowest BCUT2D eigenvalue weighted by molar-refractivity contribution is -0.136. The molecule has 3 N–H and O–H groups in total. The maximum Gasteiger partial charge on any atom is 0.313 e. The van der Waals surface area contributed by atoms with Crippen molar-refractivity contribution in [2.75, 3.05) is 23.3 Å². The van der Waals surface area contributed by atoms with Gasteiger partial charge in [-0.3, -0.25) is 14.4 Å². The van der Waals surface area contributed by atoms with Crippen LogP contribution in [0.3, 0.4) is 0 Å². The Morgan fingerprint density at radius 1 is 1.20 bits per heavy atom. The molecule has 160 valence electrons. The second-order valence-corrected chi connectivity index (χ2v) is 8.60. The molecule has 0 bridgehead atoms. The summed E-state index contributed by atoms with van der Waals surface area (Å²) >= 11 is 1.44. The van der Waals surface area contributed by atoms with Gasteiger partial charge < -0.3 is 20.6 Å². The number of aliphatic hydroxyl groups excluding tert-OH is 1. The van der Waals surface area contributed by atoms with Gasteiger partial charge in [0.05, 0.1) is 6.10 Å². The van der Waals surface area contributed by atoms with Crippen LogP contribution in [0, 0.1) is 5.92 Å². The summed E-state index contributed by atoms with van der Waals surface area (Å²) in [4.78, 5) is 39.4. The first-order valence-electron chi connectivity index (χ1n) is 10.1. The fourth-order valence-electron chi connectivity index (χ4n) is 3.41. The summed E-state index contributed by atoms with van der Waals surface area (Å²) < 4.78 is 0. The van der Waals surface area contributed by atoms with E-state index in [0.29, 0.717) is 18.7 Å². The van der Waals surface area contributed by atoms with Crippen molar-refractivity contribution < 1.29 is 19.5 Å². The van der Waals surface area contributed by atoms with E-state index in [4.69, 9.17) is 0 Å². The number of carbonyl (C=O) groups excluding carboxylic acids is 3. The van der Waals surface area contributed by atoms with Crippen molar-refractivity contribution >= 4 is 40.4 Å². The van der Waals surface area contributed by atoms with E-state index >= 15 is 0 Å². The lowest BCUT2D eigenvalue weighted by Gasteiger charge is -2.31. The van der Waals surface area contributed by atoms with Crippen molar-refractivity contribution in [3.05, 3.63) is 46.2 Å². The van der Waals surface area contributed by atoms with Crippen molar-refractivity contribution in [3.8, 4) is 0 Å². The fourth-order valence-corrected chi connectivity index (χ4v) is 4.15. The van der Waals surface area contributed by atoms with Crippen LogP contribution in [0.25, 0.3) is 0 Å². The lowest BCUT2D eigenvalue weighted by atomic mass is 9.99. The number of nitrogens with zero attached hydrogens (tertiary/aromatic N) is 1. The van der Waals surface area contributed by atoms with E-state index in [2.05, 4.69) is 10.6 Å². The Morgan fingerprint density at radius 2 is 2.00 bits per heavy atom. The third-order valence-electron chi connectivity index (χ3n) is 5.00. The monoisotopic (exact) mass is 429 g/mol. The van der Waals surface area contributed by atoms with Gasteiger partial charge in [0, 0.05) is 35.3 Å². The van der Waals surface area contributed by atoms with Crippen LogP contribution in [0.15, 0.2) is 35.7 Å². The van der Waals surface area contributed by atoms with E-state index in [9.17, 15) is 19.5 Å². The van der Waals surface area contributed by atoms with Crippen molar-refractivity contribution in [3.63, 3.8) is 0 Å². The molecular weight excluding hydrogens is 402 g/mol. The second-order valence-electron chi connectivity index (χ2n) is 7.62. The summed E-state index contributed by atoms with van der Waals surface area (Å²) in [6.07, 6.45) is 1.43. The minimum atomic E-state index is -0.780. The third-order valence-corrected chi connectivity index (χ3v) is 5.98. The van der Waals surface area contributed by atoms with Crippen LogP contribution in [-0.2, 0) is 20.8 Å². The Bertz CT molecular complexity index is 911. The topological polar surface area (TPSA) is 98.7 Å². The molecule has 3 amide bonds. The van der Waals surface area contributed by atoms with Gasteiger partial charge in [0.25, 0.3) is 0 Å². The first-order valence-corrected chi connectivity index (χ1v) is 11.0. The molecule has 1 aromatic heterocycles. The summed E-state index contributed by atoms with van der Waals surface area (Å²) in [6.45, 7) is 4.56. The molecule has 0 fully saturated rings. The molecular formula is C22H27N3O4S. The lowest BCUT2D eigenvalue weighted by Crippen LogP contribution is -2.38. The van der Waals surface area contributed by atoms with Crippen LogP contribution in [0.2, 0.25) is 0 Å². The number of fused-ring (bicyclic) bond motifs is 1. The highest BCUT2D eigenvalue weighted by Crippen LogP contribution is 2.31. The molecule has 1 aliphatic rings. The smallest absolute Gasteiger partial charge is 0.313 e. The molecule has 0 saturated heterocycles. The number of aliphatic hydroxyl groups is 1. The first-order chi connectivity index (χ1) is 14.4. The number of carbonyl (C=O) groups is 3. The molecule has 0 radical (unpaired) electrons. The van der Waals surface area contributed by atoms with E-state index in [1.54, 1.807) is 17.0 Å². The van der Waals surface area contributed by atoms with E-state index in [1.165, 1.54) is 11.3 Å². The van der Waals surface area contributed by atoms with Gasteiger partial charge in [-0.05, 0) is 48.4 Å². The maximum absolute atomic E-state index is 12.5. The highest BCUT2D eigenvalue weighted by molar-refractivity contribution is 7.10. The Hall–Kier alpha value is -2.71. The largest absolute Gasteiger partial charge is 0.388 e. The molecule has 8 heteroatoms. The van der Waals surface area contributed by atoms with Gasteiger partial charge >= 0.3 is 11.8 Å². The molecule has 1 aliphatic heterocycles. The van der Waals surface area contributed by atoms with Crippen LogP contribution in [-0.4, -0.2) is 35.9 Å². The first kappa shape index (κ1) is 22.0. The Morgan fingerprint density at radius 3 is 2.70 bits per heavy atom. The minimum Gasteiger partial charge on any atom is -0.388 e. The molecule has 3 rings (SSSR count). The van der Waals surface area contributed by atoms with Crippen molar-refractivity contribution in [2.24, 2.45) is 5.92 Å². The zero-order chi connectivity index (χ0) is 21.7. The van der Waals surface area contributed by atoms with Gasteiger partial charge in [0.2, 0.25) is 5.91 Å². The second kappa shape index (κ2) is 9.86. The Balaban J connectivity index is 1.58. The number of aryl methyl sites for hydroxylation is 1.